The minimum atomic E-state index is -0.0742. The molecule has 0 unspecified atom stereocenters. The summed E-state index contributed by atoms with van der Waals surface area (Å²) in [4.78, 5) is 11.3. The Labute approximate surface area is 67.3 Å². The molecule has 0 heterocycles. The quantitative estimate of drug-likeness (QED) is 0.615. The Hall–Kier alpha value is -0.570. The maximum Gasteiger partial charge on any atom is 0.225 e. The van der Waals surface area contributed by atoms with E-state index in [9.17, 15) is 4.79 Å². The Kier molecular flexibility index (Phi) is 2.49. The highest BCUT2D eigenvalue weighted by atomic mass is 16.2. The van der Waals surface area contributed by atoms with E-state index in [-0.39, 0.29) is 11.3 Å². The standard InChI is InChI=1S/C8H16N2O/c1-8(3-2-4-8)7(11)10-6-5-9/h2-6,9H2,1H3,(H,10,11). The zero-order valence-electron chi connectivity index (χ0n) is 7.02. The molecule has 0 aromatic rings. The summed E-state index contributed by atoms with van der Waals surface area (Å²) in [5, 5.41) is 2.81. The molecular formula is C8H16N2O. The third kappa shape index (κ3) is 1.71. The van der Waals surface area contributed by atoms with Crippen LogP contribution >= 0.6 is 0 Å². The molecule has 1 rings (SSSR count). The monoisotopic (exact) mass is 156 g/mol. The molecule has 0 aliphatic heterocycles. The predicted molar refractivity (Wildman–Crippen MR) is 44.0 cm³/mol. The van der Waals surface area contributed by atoms with Gasteiger partial charge in [-0.3, -0.25) is 4.79 Å². The van der Waals surface area contributed by atoms with Crippen LogP contribution in [-0.4, -0.2) is 19.0 Å². The first-order valence-electron chi connectivity index (χ1n) is 4.17. The molecule has 0 aromatic heterocycles. The third-order valence-corrected chi connectivity index (χ3v) is 2.44. The van der Waals surface area contributed by atoms with Crippen molar-refractivity contribution in [1.29, 1.82) is 0 Å². The van der Waals surface area contributed by atoms with Crippen LogP contribution < -0.4 is 11.1 Å². The molecule has 1 aliphatic rings. The molecular weight excluding hydrogens is 140 g/mol. The first kappa shape index (κ1) is 8.53. The molecule has 1 saturated carbocycles. The Morgan fingerprint density at radius 3 is 2.64 bits per heavy atom. The normalized spacial score (nSPS) is 20.5. The van der Waals surface area contributed by atoms with Gasteiger partial charge in [0.1, 0.15) is 0 Å². The average molecular weight is 156 g/mol. The lowest BCUT2D eigenvalue weighted by atomic mass is 9.70. The van der Waals surface area contributed by atoms with Crippen molar-refractivity contribution in [2.75, 3.05) is 13.1 Å². The molecule has 0 spiro atoms. The van der Waals surface area contributed by atoms with Gasteiger partial charge in [0.15, 0.2) is 0 Å². The molecule has 0 saturated heterocycles. The number of hydrogen-bond acceptors (Lipinski definition) is 2. The van der Waals surface area contributed by atoms with E-state index in [1.54, 1.807) is 0 Å². The van der Waals surface area contributed by atoms with Crippen LogP contribution in [0.2, 0.25) is 0 Å². The van der Waals surface area contributed by atoms with Crippen molar-refractivity contribution in [3.63, 3.8) is 0 Å². The number of rotatable bonds is 3. The molecule has 0 aromatic carbocycles. The maximum atomic E-state index is 11.3. The smallest absolute Gasteiger partial charge is 0.225 e. The second kappa shape index (κ2) is 3.22. The van der Waals surface area contributed by atoms with Crippen LogP contribution in [0.4, 0.5) is 0 Å². The summed E-state index contributed by atoms with van der Waals surface area (Å²) >= 11 is 0. The number of hydrogen-bond donors (Lipinski definition) is 2. The summed E-state index contributed by atoms with van der Waals surface area (Å²) in [6.07, 6.45) is 3.25. The lowest BCUT2D eigenvalue weighted by Crippen LogP contribution is -2.44. The summed E-state index contributed by atoms with van der Waals surface area (Å²) in [7, 11) is 0. The van der Waals surface area contributed by atoms with Gasteiger partial charge < -0.3 is 11.1 Å². The summed E-state index contributed by atoms with van der Waals surface area (Å²) in [6, 6.07) is 0. The van der Waals surface area contributed by atoms with Crippen LogP contribution in [-0.2, 0) is 4.79 Å². The van der Waals surface area contributed by atoms with Crippen molar-refractivity contribution in [2.45, 2.75) is 26.2 Å². The largest absolute Gasteiger partial charge is 0.354 e. The van der Waals surface area contributed by atoms with E-state index < -0.39 is 0 Å². The van der Waals surface area contributed by atoms with Gasteiger partial charge in [0.2, 0.25) is 5.91 Å². The van der Waals surface area contributed by atoms with E-state index in [1.165, 1.54) is 6.42 Å². The minimum absolute atomic E-state index is 0.0742. The van der Waals surface area contributed by atoms with Crippen LogP contribution in [0.3, 0.4) is 0 Å². The number of carbonyl (C=O) groups excluding carboxylic acids is 1. The Balaban J connectivity index is 2.28. The molecule has 64 valence electrons. The van der Waals surface area contributed by atoms with Gasteiger partial charge in [-0.15, -0.1) is 0 Å². The van der Waals surface area contributed by atoms with E-state index in [4.69, 9.17) is 5.73 Å². The van der Waals surface area contributed by atoms with E-state index in [0.29, 0.717) is 13.1 Å². The molecule has 11 heavy (non-hydrogen) atoms. The van der Waals surface area contributed by atoms with Gasteiger partial charge in [-0.1, -0.05) is 13.3 Å². The number of carbonyl (C=O) groups is 1. The van der Waals surface area contributed by atoms with Gasteiger partial charge in [-0.2, -0.15) is 0 Å². The molecule has 0 atom stereocenters. The zero-order chi connectivity index (χ0) is 8.32. The van der Waals surface area contributed by atoms with E-state index in [1.807, 2.05) is 6.92 Å². The van der Waals surface area contributed by atoms with Gasteiger partial charge in [0, 0.05) is 18.5 Å². The highest BCUT2D eigenvalue weighted by molar-refractivity contribution is 5.82. The fraction of sp³-hybridized carbons (Fsp3) is 0.875. The van der Waals surface area contributed by atoms with E-state index in [2.05, 4.69) is 5.32 Å². The summed E-state index contributed by atoms with van der Waals surface area (Å²) in [6.45, 7) is 3.15. The first-order valence-corrected chi connectivity index (χ1v) is 4.17. The lowest BCUT2D eigenvalue weighted by Gasteiger charge is -2.36. The highest BCUT2D eigenvalue weighted by Gasteiger charge is 2.38. The van der Waals surface area contributed by atoms with Crippen LogP contribution in [0.1, 0.15) is 26.2 Å². The van der Waals surface area contributed by atoms with Crippen LogP contribution in [0, 0.1) is 5.41 Å². The summed E-state index contributed by atoms with van der Waals surface area (Å²) in [5.74, 6) is 0.175. The highest BCUT2D eigenvalue weighted by Crippen LogP contribution is 2.40. The van der Waals surface area contributed by atoms with Gasteiger partial charge in [0.25, 0.3) is 0 Å². The van der Waals surface area contributed by atoms with Gasteiger partial charge in [0.05, 0.1) is 0 Å². The van der Waals surface area contributed by atoms with Crippen molar-refractivity contribution in [3.8, 4) is 0 Å². The van der Waals surface area contributed by atoms with Crippen molar-refractivity contribution in [3.05, 3.63) is 0 Å². The number of nitrogens with two attached hydrogens (primary N) is 1. The third-order valence-electron chi connectivity index (χ3n) is 2.44. The predicted octanol–water partition coefficient (Wildman–Crippen LogP) is 0.251. The Morgan fingerprint density at radius 1 is 1.64 bits per heavy atom. The maximum absolute atomic E-state index is 11.3. The second-order valence-electron chi connectivity index (χ2n) is 3.46. The van der Waals surface area contributed by atoms with Crippen molar-refractivity contribution in [1.82, 2.24) is 5.32 Å². The number of amides is 1. The van der Waals surface area contributed by atoms with Gasteiger partial charge >= 0.3 is 0 Å². The van der Waals surface area contributed by atoms with Crippen LogP contribution in [0.15, 0.2) is 0 Å². The van der Waals surface area contributed by atoms with E-state index in [0.717, 1.165) is 12.8 Å². The van der Waals surface area contributed by atoms with Crippen molar-refractivity contribution in [2.24, 2.45) is 11.1 Å². The van der Waals surface area contributed by atoms with Crippen molar-refractivity contribution < 1.29 is 4.79 Å². The number of nitrogens with one attached hydrogen (secondary N) is 1. The molecule has 3 N–H and O–H groups in total. The second-order valence-corrected chi connectivity index (χ2v) is 3.46. The summed E-state index contributed by atoms with van der Waals surface area (Å²) in [5.41, 5.74) is 5.19. The molecule has 0 radical (unpaired) electrons. The fourth-order valence-electron chi connectivity index (χ4n) is 1.33. The molecule has 1 amide bonds. The fourth-order valence-corrected chi connectivity index (χ4v) is 1.33. The topological polar surface area (TPSA) is 55.1 Å². The molecule has 3 nitrogen and oxygen atoms in total. The molecule has 3 heteroatoms. The van der Waals surface area contributed by atoms with E-state index >= 15 is 0 Å². The SMILES string of the molecule is CC1(C(=O)NCCN)CCC1. The Morgan fingerprint density at radius 2 is 2.27 bits per heavy atom. The van der Waals surface area contributed by atoms with Crippen molar-refractivity contribution >= 4 is 5.91 Å². The first-order chi connectivity index (χ1) is 5.19. The zero-order valence-corrected chi connectivity index (χ0v) is 7.02. The van der Waals surface area contributed by atoms with Gasteiger partial charge in [-0.25, -0.2) is 0 Å². The lowest BCUT2D eigenvalue weighted by molar-refractivity contribution is -0.134. The molecule has 1 aliphatic carbocycles. The average Bonchev–Trinajstić information content (AvgIpc) is 1.95. The Bertz CT molecular complexity index is 152. The van der Waals surface area contributed by atoms with Crippen LogP contribution in [0.5, 0.6) is 0 Å². The molecule has 0 bridgehead atoms. The minimum Gasteiger partial charge on any atom is -0.354 e. The summed E-state index contributed by atoms with van der Waals surface area (Å²) < 4.78 is 0. The van der Waals surface area contributed by atoms with Gasteiger partial charge in [-0.05, 0) is 12.8 Å². The molecule has 1 fully saturated rings. The van der Waals surface area contributed by atoms with Crippen LogP contribution in [0.25, 0.3) is 0 Å².